The van der Waals surface area contributed by atoms with Gasteiger partial charge in [-0.3, -0.25) is 0 Å². The van der Waals surface area contributed by atoms with Crippen molar-refractivity contribution in [2.45, 2.75) is 12.6 Å². The minimum absolute atomic E-state index is 0.106. The maximum Gasteiger partial charge on any atom is 0.407 e. The summed E-state index contributed by atoms with van der Waals surface area (Å²) in [5.74, 6) is -30.3. The molecule has 0 heterocycles. The Morgan fingerprint density at radius 3 is 1.29 bits per heavy atom. The number of hydrogen-bond donors (Lipinski definition) is 1. The van der Waals surface area contributed by atoms with Crippen molar-refractivity contribution in [2.24, 2.45) is 0 Å². The van der Waals surface area contributed by atoms with E-state index < -0.39 is 107 Å². The molecule has 0 aliphatic heterocycles. The molecule has 3 aromatic carbocycles. The number of carbonyl (C=O) groups is 3. The van der Waals surface area contributed by atoms with E-state index in [-0.39, 0.29) is 46.2 Å². The van der Waals surface area contributed by atoms with Crippen molar-refractivity contribution in [3.8, 4) is 11.5 Å². The van der Waals surface area contributed by atoms with Gasteiger partial charge in [-0.1, -0.05) is 30.3 Å². The second-order valence-electron chi connectivity index (χ2n) is 9.90. The van der Waals surface area contributed by atoms with E-state index in [1.54, 1.807) is 30.3 Å². The van der Waals surface area contributed by atoms with Crippen LogP contribution in [0.1, 0.15) is 5.56 Å². The summed E-state index contributed by atoms with van der Waals surface area (Å²) in [4.78, 5) is 35.9. The van der Waals surface area contributed by atoms with Gasteiger partial charge in [0.25, 0.3) is 0 Å². The van der Waals surface area contributed by atoms with Gasteiger partial charge in [0, 0.05) is 0 Å². The Morgan fingerprint density at radius 2 is 0.885 bits per heavy atom. The van der Waals surface area contributed by atoms with Gasteiger partial charge < -0.3 is 38.5 Å². The largest absolute Gasteiger partial charge is 0.445 e. The van der Waals surface area contributed by atoms with Crippen LogP contribution < -0.4 is 14.8 Å². The maximum atomic E-state index is 13.7. The number of esters is 2. The smallest absolute Gasteiger partial charge is 0.407 e. The summed E-state index contributed by atoms with van der Waals surface area (Å²) in [6.07, 6.45) is -0.902. The minimum atomic E-state index is -2.45. The summed E-state index contributed by atoms with van der Waals surface area (Å²) in [6, 6.07) is 7.62. The van der Waals surface area contributed by atoms with E-state index in [9.17, 15) is 58.3 Å². The molecule has 0 aliphatic rings. The lowest BCUT2D eigenvalue weighted by atomic mass is 10.2. The van der Waals surface area contributed by atoms with E-state index in [2.05, 4.69) is 14.8 Å². The Balaban J connectivity index is 1.42. The van der Waals surface area contributed by atoms with E-state index in [1.807, 2.05) is 0 Å². The second-order valence-corrected chi connectivity index (χ2v) is 9.90. The zero-order valence-electron chi connectivity index (χ0n) is 26.2. The highest BCUT2D eigenvalue weighted by Crippen LogP contribution is 2.30. The molecule has 3 rings (SSSR count). The van der Waals surface area contributed by atoms with Gasteiger partial charge in [-0.25, -0.2) is 40.7 Å². The van der Waals surface area contributed by atoms with Crippen LogP contribution in [0.2, 0.25) is 0 Å². The fraction of sp³-hybridized carbons (Fsp3) is 0.323. The van der Waals surface area contributed by atoms with Gasteiger partial charge >= 0.3 is 18.0 Å². The van der Waals surface area contributed by atoms with Crippen LogP contribution in [0.5, 0.6) is 11.5 Å². The zero-order valence-corrected chi connectivity index (χ0v) is 26.2. The standard InChI is InChI=1S/C31H25F10NO10/c32-19-21(34)25(38)29(26(39)22(19)35)51-17(43)13-48-8-6-46-11-16(42-31(45)50-10-15-4-2-1-3-5-15)12-47-7-9-49-14-18(44)52-30-27(40)23(36)20(33)24(37)28(30)41/h1-5,16H,6-14H2,(H,42,45). The van der Waals surface area contributed by atoms with Crippen molar-refractivity contribution in [3.05, 3.63) is 94.1 Å². The van der Waals surface area contributed by atoms with Crippen LogP contribution in [0, 0.1) is 58.2 Å². The number of nitrogens with one attached hydrogen (secondary N) is 1. The highest BCUT2D eigenvalue weighted by atomic mass is 19.2. The van der Waals surface area contributed by atoms with Crippen LogP contribution in [0.3, 0.4) is 0 Å². The molecule has 21 heteroatoms. The first-order valence-electron chi connectivity index (χ1n) is 14.4. The van der Waals surface area contributed by atoms with Crippen LogP contribution in [-0.2, 0) is 39.9 Å². The zero-order chi connectivity index (χ0) is 38.4. The molecular weight excluding hydrogens is 736 g/mol. The van der Waals surface area contributed by atoms with Crippen LogP contribution in [0.4, 0.5) is 48.7 Å². The first-order chi connectivity index (χ1) is 24.7. The van der Waals surface area contributed by atoms with Gasteiger partial charge in [0.15, 0.2) is 0 Å². The lowest BCUT2D eigenvalue weighted by Crippen LogP contribution is -2.42. The van der Waals surface area contributed by atoms with Gasteiger partial charge in [-0.05, 0) is 5.56 Å². The quantitative estimate of drug-likeness (QED) is 0.0448. The molecule has 0 unspecified atom stereocenters. The Bertz CT molecular complexity index is 1560. The summed E-state index contributed by atoms with van der Waals surface area (Å²) < 4.78 is 168. The van der Waals surface area contributed by atoms with Crippen molar-refractivity contribution < 1.29 is 91.4 Å². The molecule has 0 aromatic heterocycles. The van der Waals surface area contributed by atoms with E-state index in [4.69, 9.17) is 23.7 Å². The molecule has 0 bridgehead atoms. The number of hydrogen-bond acceptors (Lipinski definition) is 10. The van der Waals surface area contributed by atoms with E-state index in [0.29, 0.717) is 5.56 Å². The van der Waals surface area contributed by atoms with Gasteiger partial charge in [-0.15, -0.1) is 0 Å². The number of halogens is 10. The predicted octanol–water partition coefficient (Wildman–Crippen LogP) is 4.95. The first-order valence-corrected chi connectivity index (χ1v) is 14.4. The number of rotatable bonds is 19. The van der Waals surface area contributed by atoms with E-state index >= 15 is 0 Å². The Hall–Kier alpha value is -4.99. The molecule has 0 radical (unpaired) electrons. The van der Waals surface area contributed by atoms with Crippen molar-refractivity contribution in [3.63, 3.8) is 0 Å². The first kappa shape index (κ1) is 41.4. The molecule has 0 saturated heterocycles. The molecule has 284 valence electrons. The molecule has 1 N–H and O–H groups in total. The topological polar surface area (TPSA) is 128 Å². The van der Waals surface area contributed by atoms with Crippen LogP contribution in [0.15, 0.2) is 30.3 Å². The van der Waals surface area contributed by atoms with Gasteiger partial charge in [0.05, 0.1) is 45.7 Å². The average molecular weight is 762 g/mol. The summed E-state index contributed by atoms with van der Waals surface area (Å²) in [6.45, 7) is -3.95. The third-order valence-electron chi connectivity index (χ3n) is 6.13. The van der Waals surface area contributed by atoms with Crippen LogP contribution in [0.25, 0.3) is 0 Å². The van der Waals surface area contributed by atoms with Crippen molar-refractivity contribution in [1.82, 2.24) is 5.32 Å². The Morgan fingerprint density at radius 1 is 0.519 bits per heavy atom. The lowest BCUT2D eigenvalue weighted by Gasteiger charge is -2.19. The third-order valence-corrected chi connectivity index (χ3v) is 6.13. The summed E-state index contributed by atoms with van der Waals surface area (Å²) in [5, 5.41) is 2.45. The Kier molecular flexibility index (Phi) is 16.1. The minimum Gasteiger partial charge on any atom is -0.445 e. The van der Waals surface area contributed by atoms with Gasteiger partial charge in [0.2, 0.25) is 69.7 Å². The number of amides is 1. The van der Waals surface area contributed by atoms with E-state index in [1.165, 1.54) is 0 Å². The van der Waals surface area contributed by atoms with Crippen molar-refractivity contribution in [2.75, 3.05) is 52.9 Å². The molecule has 1 amide bonds. The molecule has 0 fully saturated rings. The predicted molar refractivity (Wildman–Crippen MR) is 151 cm³/mol. The summed E-state index contributed by atoms with van der Waals surface area (Å²) in [5.41, 5.74) is 0.661. The Labute approximate surface area is 286 Å². The molecular formula is C31H25F10NO10. The highest BCUT2D eigenvalue weighted by molar-refractivity contribution is 5.74. The summed E-state index contributed by atoms with van der Waals surface area (Å²) >= 11 is 0. The van der Waals surface area contributed by atoms with E-state index in [0.717, 1.165) is 0 Å². The molecule has 0 saturated carbocycles. The summed E-state index contributed by atoms with van der Waals surface area (Å²) in [7, 11) is 0. The molecule has 52 heavy (non-hydrogen) atoms. The average Bonchev–Trinajstić information content (AvgIpc) is 3.13. The maximum absolute atomic E-state index is 13.7. The number of carbonyl (C=O) groups excluding carboxylic acids is 3. The fourth-order valence-corrected chi connectivity index (χ4v) is 3.70. The number of benzene rings is 3. The SMILES string of the molecule is O=C(COCCOCC(COCCOCC(=O)Oc1c(F)c(F)c(F)c(F)c1F)NC(=O)OCc1ccccc1)Oc1c(F)c(F)c(F)c(F)c1F. The molecule has 0 atom stereocenters. The van der Waals surface area contributed by atoms with Crippen LogP contribution >= 0.6 is 0 Å². The molecule has 0 aliphatic carbocycles. The van der Waals surface area contributed by atoms with Gasteiger partial charge in [-0.2, -0.15) is 17.6 Å². The van der Waals surface area contributed by atoms with Crippen molar-refractivity contribution >= 4 is 18.0 Å². The highest BCUT2D eigenvalue weighted by Gasteiger charge is 2.30. The number of alkyl carbamates (subject to hydrolysis) is 1. The number of ether oxygens (including phenoxy) is 7. The molecule has 11 nitrogen and oxygen atoms in total. The van der Waals surface area contributed by atoms with Gasteiger partial charge in [0.1, 0.15) is 19.8 Å². The normalized spacial score (nSPS) is 11.1. The molecule has 0 spiro atoms. The third kappa shape index (κ3) is 11.8. The van der Waals surface area contributed by atoms with Crippen molar-refractivity contribution in [1.29, 1.82) is 0 Å². The monoisotopic (exact) mass is 761 g/mol. The lowest BCUT2D eigenvalue weighted by molar-refractivity contribution is -0.141. The van der Waals surface area contributed by atoms with Crippen LogP contribution in [-0.4, -0.2) is 76.9 Å². The second kappa shape index (κ2) is 20.2. The molecule has 3 aromatic rings. The fourth-order valence-electron chi connectivity index (χ4n) is 3.70.